The molecule has 0 unspecified atom stereocenters. The van der Waals surface area contributed by atoms with Crippen molar-refractivity contribution >= 4 is 23.2 Å². The van der Waals surface area contributed by atoms with E-state index in [0.717, 1.165) is 34.6 Å². The lowest BCUT2D eigenvalue weighted by Crippen LogP contribution is -2.12. The van der Waals surface area contributed by atoms with Gasteiger partial charge in [0.05, 0.1) is 0 Å². The maximum absolute atomic E-state index is 5.97. The number of nitrogens with two attached hydrogens (primary N) is 2. The van der Waals surface area contributed by atoms with E-state index in [-0.39, 0.29) is 0 Å². The Labute approximate surface area is 101 Å². The van der Waals surface area contributed by atoms with E-state index in [1.165, 1.54) is 0 Å². The van der Waals surface area contributed by atoms with Gasteiger partial charge in [-0.3, -0.25) is 4.99 Å². The number of hydrogen-bond acceptors (Lipinski definition) is 4. The first kappa shape index (κ1) is 11.3. The summed E-state index contributed by atoms with van der Waals surface area (Å²) in [6, 6.07) is 6.04. The standard InChI is InChI=1S/C13H16N4/c1-16-8-10(7-14)9-2-3-13-11(6-9)12(15)4-5-17-13/h2-4,6-8,17H,5,14-15H2,1H3. The first-order valence-electron chi connectivity index (χ1n) is 5.44. The predicted molar refractivity (Wildman–Crippen MR) is 73.7 cm³/mol. The molecule has 0 amide bonds. The number of nitrogens with zero attached hydrogens (tertiary/aromatic N) is 1. The Morgan fingerprint density at radius 3 is 3.00 bits per heavy atom. The summed E-state index contributed by atoms with van der Waals surface area (Å²) in [5.41, 5.74) is 16.3. The zero-order valence-electron chi connectivity index (χ0n) is 9.77. The van der Waals surface area contributed by atoms with Crippen LogP contribution in [0.5, 0.6) is 0 Å². The van der Waals surface area contributed by atoms with E-state index in [2.05, 4.69) is 10.3 Å². The second-order valence-corrected chi connectivity index (χ2v) is 3.81. The highest BCUT2D eigenvalue weighted by Crippen LogP contribution is 2.27. The van der Waals surface area contributed by atoms with Crippen molar-refractivity contribution in [2.45, 2.75) is 0 Å². The first-order valence-corrected chi connectivity index (χ1v) is 5.44. The predicted octanol–water partition coefficient (Wildman–Crippen LogP) is 1.41. The molecule has 0 aromatic heterocycles. The Morgan fingerprint density at radius 2 is 2.29 bits per heavy atom. The lowest BCUT2D eigenvalue weighted by atomic mass is 9.99. The zero-order valence-corrected chi connectivity index (χ0v) is 9.77. The lowest BCUT2D eigenvalue weighted by Gasteiger charge is -2.17. The summed E-state index contributed by atoms with van der Waals surface area (Å²) < 4.78 is 0. The molecular formula is C13H16N4. The molecule has 0 bridgehead atoms. The molecule has 0 radical (unpaired) electrons. The van der Waals surface area contributed by atoms with Crippen molar-refractivity contribution in [1.29, 1.82) is 0 Å². The van der Waals surface area contributed by atoms with Gasteiger partial charge in [-0.1, -0.05) is 6.07 Å². The highest BCUT2D eigenvalue weighted by Gasteiger charge is 2.11. The van der Waals surface area contributed by atoms with Crippen LogP contribution in [0.25, 0.3) is 11.3 Å². The number of nitrogens with one attached hydrogen (secondary N) is 1. The van der Waals surface area contributed by atoms with E-state index in [0.29, 0.717) is 0 Å². The van der Waals surface area contributed by atoms with E-state index in [4.69, 9.17) is 11.5 Å². The van der Waals surface area contributed by atoms with Crippen LogP contribution in [0.15, 0.2) is 35.5 Å². The quantitative estimate of drug-likeness (QED) is 0.670. The summed E-state index contributed by atoms with van der Waals surface area (Å²) in [4.78, 5) is 3.98. The number of rotatable bonds is 2. The molecule has 0 aliphatic carbocycles. The number of benzene rings is 1. The largest absolute Gasteiger partial charge is 0.404 e. The van der Waals surface area contributed by atoms with Crippen molar-refractivity contribution in [2.24, 2.45) is 16.5 Å². The van der Waals surface area contributed by atoms with Gasteiger partial charge in [0.2, 0.25) is 0 Å². The van der Waals surface area contributed by atoms with Gasteiger partial charge in [0.15, 0.2) is 0 Å². The van der Waals surface area contributed by atoms with E-state index >= 15 is 0 Å². The average Bonchev–Trinajstić information content (AvgIpc) is 2.36. The summed E-state index contributed by atoms with van der Waals surface area (Å²) in [5.74, 6) is 0. The van der Waals surface area contributed by atoms with Gasteiger partial charge in [-0.15, -0.1) is 0 Å². The van der Waals surface area contributed by atoms with Crippen molar-refractivity contribution in [3.8, 4) is 0 Å². The average molecular weight is 228 g/mol. The Balaban J connectivity index is 2.47. The molecule has 2 rings (SSSR count). The molecule has 0 saturated heterocycles. The highest BCUT2D eigenvalue weighted by atomic mass is 14.9. The monoisotopic (exact) mass is 228 g/mol. The molecule has 1 aromatic rings. The molecule has 4 heteroatoms. The molecule has 5 N–H and O–H groups in total. The molecule has 17 heavy (non-hydrogen) atoms. The van der Waals surface area contributed by atoms with Crippen molar-refractivity contribution in [2.75, 3.05) is 18.9 Å². The number of fused-ring (bicyclic) bond motifs is 1. The molecule has 0 spiro atoms. The van der Waals surface area contributed by atoms with Crippen molar-refractivity contribution in [3.63, 3.8) is 0 Å². The smallest absolute Gasteiger partial charge is 0.0437 e. The number of anilines is 1. The van der Waals surface area contributed by atoms with Gasteiger partial charge in [-0.25, -0.2) is 0 Å². The maximum Gasteiger partial charge on any atom is 0.0437 e. The first-order chi connectivity index (χ1) is 8.26. The van der Waals surface area contributed by atoms with Gasteiger partial charge in [-0.05, 0) is 23.8 Å². The Morgan fingerprint density at radius 1 is 1.47 bits per heavy atom. The molecular weight excluding hydrogens is 212 g/mol. The molecule has 1 aromatic carbocycles. The molecule has 88 valence electrons. The number of aliphatic imine (C=N–C) groups is 1. The zero-order chi connectivity index (χ0) is 12.3. The second kappa shape index (κ2) is 4.74. The SMILES string of the molecule is CN=CC(=CN)c1ccc2c(c1)C(N)=CCN2. The van der Waals surface area contributed by atoms with Gasteiger partial charge in [0.25, 0.3) is 0 Å². The van der Waals surface area contributed by atoms with Crippen LogP contribution in [0, 0.1) is 0 Å². The molecule has 4 nitrogen and oxygen atoms in total. The van der Waals surface area contributed by atoms with Crippen LogP contribution in [0.1, 0.15) is 11.1 Å². The Kier molecular flexibility index (Phi) is 3.14. The minimum Gasteiger partial charge on any atom is -0.404 e. The summed E-state index contributed by atoms with van der Waals surface area (Å²) in [6.07, 6.45) is 5.24. The fourth-order valence-electron chi connectivity index (χ4n) is 1.85. The minimum absolute atomic E-state index is 0.772. The molecule has 0 saturated carbocycles. The molecule has 0 atom stereocenters. The van der Waals surface area contributed by atoms with Crippen LogP contribution < -0.4 is 16.8 Å². The van der Waals surface area contributed by atoms with Gasteiger partial charge >= 0.3 is 0 Å². The van der Waals surface area contributed by atoms with Crippen molar-refractivity contribution in [3.05, 3.63) is 41.6 Å². The van der Waals surface area contributed by atoms with E-state index in [9.17, 15) is 0 Å². The fraction of sp³-hybridized carbons (Fsp3) is 0.154. The molecule has 1 heterocycles. The van der Waals surface area contributed by atoms with Gasteiger partial charge in [0.1, 0.15) is 0 Å². The molecule has 1 aliphatic heterocycles. The van der Waals surface area contributed by atoms with Crippen LogP contribution in [-0.2, 0) is 0 Å². The number of allylic oxidation sites excluding steroid dienone is 1. The maximum atomic E-state index is 5.97. The number of hydrogen-bond donors (Lipinski definition) is 3. The highest BCUT2D eigenvalue weighted by molar-refractivity contribution is 6.10. The van der Waals surface area contributed by atoms with Crippen molar-refractivity contribution < 1.29 is 0 Å². The van der Waals surface area contributed by atoms with Gasteiger partial charge < -0.3 is 16.8 Å². The third-order valence-electron chi connectivity index (χ3n) is 2.73. The van der Waals surface area contributed by atoms with Crippen LogP contribution in [0.4, 0.5) is 5.69 Å². The third-order valence-corrected chi connectivity index (χ3v) is 2.73. The summed E-state index contributed by atoms with van der Waals surface area (Å²) in [7, 11) is 1.72. The lowest BCUT2D eigenvalue weighted by molar-refractivity contribution is 1.27. The Bertz CT molecular complexity index is 512. The summed E-state index contributed by atoms with van der Waals surface area (Å²) in [5, 5.41) is 3.27. The third kappa shape index (κ3) is 2.15. The fourth-order valence-corrected chi connectivity index (χ4v) is 1.85. The van der Waals surface area contributed by atoms with Gasteiger partial charge in [-0.2, -0.15) is 0 Å². The Hall–Kier alpha value is -2.23. The van der Waals surface area contributed by atoms with Crippen LogP contribution in [0.2, 0.25) is 0 Å². The molecule has 1 aliphatic rings. The summed E-state index contributed by atoms with van der Waals surface area (Å²) >= 11 is 0. The second-order valence-electron chi connectivity index (χ2n) is 3.81. The molecule has 0 fully saturated rings. The normalized spacial score (nSPS) is 15.4. The van der Waals surface area contributed by atoms with E-state index in [1.54, 1.807) is 19.5 Å². The summed E-state index contributed by atoms with van der Waals surface area (Å²) in [6.45, 7) is 0.772. The van der Waals surface area contributed by atoms with Crippen LogP contribution in [0.3, 0.4) is 0 Å². The minimum atomic E-state index is 0.772. The van der Waals surface area contributed by atoms with Crippen LogP contribution in [-0.4, -0.2) is 19.8 Å². The van der Waals surface area contributed by atoms with Crippen LogP contribution >= 0.6 is 0 Å². The van der Waals surface area contributed by atoms with E-state index in [1.807, 2.05) is 24.3 Å². The van der Waals surface area contributed by atoms with Crippen molar-refractivity contribution in [1.82, 2.24) is 0 Å². The topological polar surface area (TPSA) is 76.4 Å². The van der Waals surface area contributed by atoms with Gasteiger partial charge in [0, 0.05) is 48.5 Å². The van der Waals surface area contributed by atoms with E-state index < -0.39 is 0 Å².